The van der Waals surface area contributed by atoms with Gasteiger partial charge in [-0.3, -0.25) is 0 Å². The van der Waals surface area contributed by atoms with Gasteiger partial charge in [0.2, 0.25) is 5.88 Å². The first kappa shape index (κ1) is 12.5. The van der Waals surface area contributed by atoms with Crippen molar-refractivity contribution in [3.8, 4) is 5.88 Å². The molecular formula is C14H21N3O2. The third-order valence-electron chi connectivity index (χ3n) is 3.84. The summed E-state index contributed by atoms with van der Waals surface area (Å²) in [6.07, 6.45) is 3.57. The molecular weight excluding hydrogens is 242 g/mol. The zero-order valence-corrected chi connectivity index (χ0v) is 11.3. The van der Waals surface area contributed by atoms with Gasteiger partial charge in [-0.1, -0.05) is 0 Å². The number of hydrogen-bond acceptors (Lipinski definition) is 5. The third kappa shape index (κ3) is 2.92. The second-order valence-corrected chi connectivity index (χ2v) is 5.45. The molecule has 19 heavy (non-hydrogen) atoms. The van der Waals surface area contributed by atoms with E-state index < -0.39 is 0 Å². The molecule has 2 aliphatic rings. The molecule has 1 aromatic heterocycles. The van der Waals surface area contributed by atoms with Crippen LogP contribution in [0, 0.1) is 5.92 Å². The minimum Gasteiger partial charge on any atom is -0.476 e. The fraction of sp³-hybridized carbons (Fsp3) is 0.643. The molecule has 1 atom stereocenters. The van der Waals surface area contributed by atoms with E-state index >= 15 is 0 Å². The number of nitrogen functional groups attached to an aromatic ring is 1. The number of hydrogen-bond donors (Lipinski definition) is 1. The number of anilines is 2. The zero-order chi connectivity index (χ0) is 13.2. The van der Waals surface area contributed by atoms with Gasteiger partial charge < -0.3 is 20.1 Å². The Kier molecular flexibility index (Phi) is 3.46. The lowest BCUT2D eigenvalue weighted by atomic mass is 10.2. The molecule has 1 saturated carbocycles. The van der Waals surface area contributed by atoms with E-state index in [1.807, 2.05) is 19.2 Å². The molecule has 5 heteroatoms. The number of ether oxygens (including phenoxy) is 2. The standard InChI is InChI=1S/C14H21N3O2/c1-17(11-6-7-18-9-11)13-5-4-12(15)14(16-13)19-8-10-2-3-10/h4-5,10-11H,2-3,6-9,15H2,1H3. The van der Waals surface area contributed by atoms with Crippen LogP contribution in [0.3, 0.4) is 0 Å². The monoisotopic (exact) mass is 263 g/mol. The highest BCUT2D eigenvalue weighted by atomic mass is 16.5. The maximum Gasteiger partial charge on any atom is 0.239 e. The van der Waals surface area contributed by atoms with Crippen LogP contribution >= 0.6 is 0 Å². The van der Waals surface area contributed by atoms with Gasteiger partial charge in [-0.2, -0.15) is 4.98 Å². The largest absolute Gasteiger partial charge is 0.476 e. The van der Waals surface area contributed by atoms with Gasteiger partial charge in [0, 0.05) is 13.7 Å². The van der Waals surface area contributed by atoms with Crippen LogP contribution in [0.15, 0.2) is 12.1 Å². The Balaban J connectivity index is 1.71. The summed E-state index contributed by atoms with van der Waals surface area (Å²) >= 11 is 0. The van der Waals surface area contributed by atoms with Crippen LogP contribution < -0.4 is 15.4 Å². The van der Waals surface area contributed by atoms with Crippen molar-refractivity contribution >= 4 is 11.5 Å². The van der Waals surface area contributed by atoms with Crippen LogP contribution in [-0.4, -0.2) is 37.9 Å². The topological polar surface area (TPSA) is 60.6 Å². The number of nitrogens with zero attached hydrogens (tertiary/aromatic N) is 2. The second kappa shape index (κ2) is 5.25. The van der Waals surface area contributed by atoms with Gasteiger partial charge in [0.1, 0.15) is 5.82 Å². The second-order valence-electron chi connectivity index (χ2n) is 5.45. The fourth-order valence-corrected chi connectivity index (χ4v) is 2.25. The molecule has 1 saturated heterocycles. The highest BCUT2D eigenvalue weighted by molar-refractivity contribution is 5.54. The maximum atomic E-state index is 5.92. The molecule has 104 valence electrons. The molecule has 0 aromatic carbocycles. The smallest absolute Gasteiger partial charge is 0.239 e. The predicted molar refractivity (Wildman–Crippen MR) is 74.5 cm³/mol. The summed E-state index contributed by atoms with van der Waals surface area (Å²) in [5.74, 6) is 2.16. The first-order valence-corrected chi connectivity index (χ1v) is 6.94. The Hall–Kier alpha value is -1.49. The van der Waals surface area contributed by atoms with Crippen LogP contribution in [0.5, 0.6) is 5.88 Å². The van der Waals surface area contributed by atoms with Gasteiger partial charge in [0.25, 0.3) is 0 Å². The lowest BCUT2D eigenvalue weighted by molar-refractivity contribution is 0.193. The van der Waals surface area contributed by atoms with Crippen LogP contribution in [0.4, 0.5) is 11.5 Å². The Bertz CT molecular complexity index is 442. The first-order chi connectivity index (χ1) is 9.24. The van der Waals surface area contributed by atoms with Gasteiger partial charge in [0.15, 0.2) is 0 Å². The van der Waals surface area contributed by atoms with Crippen LogP contribution in [0.1, 0.15) is 19.3 Å². The Labute approximate surface area is 113 Å². The molecule has 3 rings (SSSR count). The first-order valence-electron chi connectivity index (χ1n) is 6.94. The molecule has 1 aromatic rings. The molecule has 0 spiro atoms. The quantitative estimate of drug-likeness (QED) is 0.875. The molecule has 1 unspecified atom stereocenters. The average Bonchev–Trinajstić information content (AvgIpc) is 3.09. The van der Waals surface area contributed by atoms with E-state index in [1.54, 1.807) is 0 Å². The molecule has 2 heterocycles. The molecule has 2 fully saturated rings. The lowest BCUT2D eigenvalue weighted by Crippen LogP contribution is -2.32. The number of nitrogens with two attached hydrogens (primary N) is 1. The lowest BCUT2D eigenvalue weighted by Gasteiger charge is -2.24. The Morgan fingerprint density at radius 2 is 2.26 bits per heavy atom. The van der Waals surface area contributed by atoms with Crippen LogP contribution in [0.2, 0.25) is 0 Å². The SMILES string of the molecule is CN(c1ccc(N)c(OCC2CC2)n1)C1CCOC1. The summed E-state index contributed by atoms with van der Waals surface area (Å²) in [5, 5.41) is 0. The van der Waals surface area contributed by atoms with Crippen LogP contribution in [0.25, 0.3) is 0 Å². The van der Waals surface area contributed by atoms with Gasteiger partial charge >= 0.3 is 0 Å². The molecule has 0 radical (unpaired) electrons. The summed E-state index contributed by atoms with van der Waals surface area (Å²) in [5.41, 5.74) is 6.53. The minimum atomic E-state index is 0.396. The van der Waals surface area contributed by atoms with Crippen molar-refractivity contribution in [1.29, 1.82) is 0 Å². The third-order valence-corrected chi connectivity index (χ3v) is 3.84. The number of rotatable bonds is 5. The van der Waals surface area contributed by atoms with Crippen molar-refractivity contribution in [2.24, 2.45) is 5.92 Å². The average molecular weight is 263 g/mol. The predicted octanol–water partition coefficient (Wildman–Crippen LogP) is 1.68. The van der Waals surface area contributed by atoms with Gasteiger partial charge in [-0.05, 0) is 37.3 Å². The number of aromatic nitrogens is 1. The zero-order valence-electron chi connectivity index (χ0n) is 11.3. The van der Waals surface area contributed by atoms with Crippen molar-refractivity contribution in [3.05, 3.63) is 12.1 Å². The van der Waals surface area contributed by atoms with Crippen LogP contribution in [-0.2, 0) is 4.74 Å². The summed E-state index contributed by atoms with van der Waals surface area (Å²) in [4.78, 5) is 6.69. The fourth-order valence-electron chi connectivity index (χ4n) is 2.25. The van der Waals surface area contributed by atoms with Crippen molar-refractivity contribution < 1.29 is 9.47 Å². The molecule has 1 aliphatic carbocycles. The molecule has 0 amide bonds. The Morgan fingerprint density at radius 3 is 2.95 bits per heavy atom. The van der Waals surface area contributed by atoms with E-state index in [4.69, 9.17) is 15.2 Å². The van der Waals surface area contributed by atoms with Gasteiger partial charge in [-0.25, -0.2) is 0 Å². The number of likely N-dealkylation sites (N-methyl/N-ethyl adjacent to an activating group) is 1. The van der Waals surface area contributed by atoms with E-state index in [9.17, 15) is 0 Å². The molecule has 5 nitrogen and oxygen atoms in total. The summed E-state index contributed by atoms with van der Waals surface area (Å²) in [7, 11) is 2.04. The minimum absolute atomic E-state index is 0.396. The van der Waals surface area contributed by atoms with Crippen molar-refractivity contribution in [2.75, 3.05) is 37.5 Å². The highest BCUT2D eigenvalue weighted by Gasteiger charge is 2.24. The van der Waals surface area contributed by atoms with Crippen molar-refractivity contribution in [1.82, 2.24) is 4.98 Å². The molecule has 0 bridgehead atoms. The summed E-state index contributed by atoms with van der Waals surface area (Å²) < 4.78 is 11.1. The van der Waals surface area contributed by atoms with E-state index in [0.717, 1.165) is 32.1 Å². The van der Waals surface area contributed by atoms with Crippen molar-refractivity contribution in [2.45, 2.75) is 25.3 Å². The maximum absolute atomic E-state index is 5.92. The van der Waals surface area contributed by atoms with Crippen molar-refractivity contribution in [3.63, 3.8) is 0 Å². The molecule has 2 N–H and O–H groups in total. The highest BCUT2D eigenvalue weighted by Crippen LogP contribution is 2.31. The Morgan fingerprint density at radius 1 is 1.42 bits per heavy atom. The van der Waals surface area contributed by atoms with E-state index in [2.05, 4.69) is 9.88 Å². The van der Waals surface area contributed by atoms with E-state index in [1.165, 1.54) is 12.8 Å². The van der Waals surface area contributed by atoms with Gasteiger partial charge in [0.05, 0.1) is 24.9 Å². The normalized spacial score (nSPS) is 22.5. The number of pyridine rings is 1. The van der Waals surface area contributed by atoms with Gasteiger partial charge in [-0.15, -0.1) is 0 Å². The summed E-state index contributed by atoms with van der Waals surface area (Å²) in [6, 6.07) is 4.21. The van der Waals surface area contributed by atoms with E-state index in [0.29, 0.717) is 23.5 Å². The summed E-state index contributed by atoms with van der Waals surface area (Å²) in [6.45, 7) is 2.33. The molecule has 1 aliphatic heterocycles. The van der Waals surface area contributed by atoms with E-state index in [-0.39, 0.29) is 0 Å².